The van der Waals surface area contributed by atoms with Crippen LogP contribution in [0.4, 0.5) is 4.79 Å². The third-order valence-electron chi connectivity index (χ3n) is 4.03. The van der Waals surface area contributed by atoms with E-state index in [1.807, 2.05) is 66.7 Å². The molecule has 5 heteroatoms. The van der Waals surface area contributed by atoms with Gasteiger partial charge >= 0.3 is 6.09 Å². The number of ether oxygens (including phenoxy) is 1. The van der Waals surface area contributed by atoms with Crippen molar-refractivity contribution in [2.75, 3.05) is 6.61 Å². The van der Waals surface area contributed by atoms with E-state index in [2.05, 4.69) is 6.58 Å². The highest BCUT2D eigenvalue weighted by Crippen LogP contribution is 2.17. The van der Waals surface area contributed by atoms with Crippen LogP contribution in [0, 0.1) is 11.3 Å². The summed E-state index contributed by atoms with van der Waals surface area (Å²) in [7, 11) is 0. The molecule has 0 saturated heterocycles. The van der Waals surface area contributed by atoms with Gasteiger partial charge in [-0.2, -0.15) is 5.26 Å². The number of benzene rings is 2. The number of amides is 1. The Labute approximate surface area is 159 Å². The number of hydrogen-bond donors (Lipinski definition) is 0. The van der Waals surface area contributed by atoms with Crippen LogP contribution in [0.15, 0.2) is 73.3 Å². The van der Waals surface area contributed by atoms with Crippen LogP contribution >= 0.6 is 0 Å². The second kappa shape index (κ2) is 10.6. The standard InChI is InChI=1S/C22H22N2O3/c1-2-15-27-22(26)24(17-19-11-7-4-8-12-19)20(21(25)13-14-23)16-18-9-5-3-6-10-18/h2-12,20H,1,13,15-17H2/t20-/m0/s1. The summed E-state index contributed by atoms with van der Waals surface area (Å²) in [4.78, 5) is 26.7. The van der Waals surface area contributed by atoms with E-state index in [0.717, 1.165) is 11.1 Å². The molecule has 0 aliphatic carbocycles. The molecule has 5 nitrogen and oxygen atoms in total. The lowest BCUT2D eigenvalue weighted by Crippen LogP contribution is -2.46. The average molecular weight is 362 g/mol. The van der Waals surface area contributed by atoms with E-state index < -0.39 is 12.1 Å². The Bertz CT molecular complexity index is 797. The number of carbonyl (C=O) groups excluding carboxylic acids is 2. The maximum atomic E-state index is 12.7. The van der Waals surface area contributed by atoms with Gasteiger partial charge in [-0.05, 0) is 11.1 Å². The fraction of sp³-hybridized carbons (Fsp3) is 0.227. The van der Waals surface area contributed by atoms with Crippen molar-refractivity contribution in [3.05, 3.63) is 84.4 Å². The monoisotopic (exact) mass is 362 g/mol. The molecular weight excluding hydrogens is 340 g/mol. The number of nitrogens with zero attached hydrogens (tertiary/aromatic N) is 2. The first-order valence-corrected chi connectivity index (χ1v) is 8.67. The first kappa shape index (κ1) is 19.9. The molecule has 2 aromatic carbocycles. The summed E-state index contributed by atoms with van der Waals surface area (Å²) in [5, 5.41) is 8.98. The zero-order valence-electron chi connectivity index (χ0n) is 15.1. The zero-order chi connectivity index (χ0) is 19.5. The average Bonchev–Trinajstić information content (AvgIpc) is 2.70. The predicted octanol–water partition coefficient (Wildman–Crippen LogP) is 3.91. The summed E-state index contributed by atoms with van der Waals surface area (Å²) in [5.41, 5.74) is 1.78. The van der Waals surface area contributed by atoms with Gasteiger partial charge in [-0.25, -0.2) is 4.79 Å². The summed E-state index contributed by atoms with van der Waals surface area (Å²) in [6, 6.07) is 19.9. The lowest BCUT2D eigenvalue weighted by atomic mass is 9.99. The summed E-state index contributed by atoms with van der Waals surface area (Å²) in [6.45, 7) is 3.81. The quantitative estimate of drug-likeness (QED) is 0.634. The van der Waals surface area contributed by atoms with Gasteiger partial charge in [0, 0.05) is 13.0 Å². The number of ketones is 1. The van der Waals surface area contributed by atoms with Crippen molar-refractivity contribution in [2.45, 2.75) is 25.4 Å². The molecule has 0 aromatic heterocycles. The SMILES string of the molecule is C=CCOC(=O)N(Cc1ccccc1)[C@@H](Cc1ccccc1)C(=O)CC#N. The molecule has 27 heavy (non-hydrogen) atoms. The van der Waals surface area contributed by atoms with Crippen LogP contribution in [-0.2, 0) is 22.5 Å². The van der Waals surface area contributed by atoms with Gasteiger partial charge < -0.3 is 4.74 Å². The Hall–Kier alpha value is -3.39. The minimum absolute atomic E-state index is 0.0502. The topological polar surface area (TPSA) is 70.4 Å². The molecular formula is C22H22N2O3. The first-order chi connectivity index (χ1) is 13.2. The number of hydrogen-bond acceptors (Lipinski definition) is 4. The number of rotatable bonds is 9. The molecule has 2 aromatic rings. The van der Waals surface area contributed by atoms with Crippen LogP contribution in [-0.4, -0.2) is 29.4 Å². The summed E-state index contributed by atoms with van der Waals surface area (Å²) in [6.07, 6.45) is 0.919. The molecule has 0 radical (unpaired) electrons. The van der Waals surface area contributed by atoms with Crippen molar-refractivity contribution in [2.24, 2.45) is 0 Å². The molecule has 1 atom stereocenters. The molecule has 1 amide bonds. The molecule has 0 heterocycles. The minimum atomic E-state index is -0.787. The highest BCUT2D eigenvalue weighted by Gasteiger charge is 2.31. The predicted molar refractivity (Wildman–Crippen MR) is 103 cm³/mol. The summed E-state index contributed by atoms with van der Waals surface area (Å²) >= 11 is 0. The van der Waals surface area contributed by atoms with Gasteiger partial charge in [0.2, 0.25) is 0 Å². The van der Waals surface area contributed by atoms with E-state index in [9.17, 15) is 9.59 Å². The van der Waals surface area contributed by atoms with Crippen LogP contribution in [0.3, 0.4) is 0 Å². The van der Waals surface area contributed by atoms with Crippen molar-refractivity contribution in [3.63, 3.8) is 0 Å². The van der Waals surface area contributed by atoms with Crippen molar-refractivity contribution in [1.82, 2.24) is 4.90 Å². The van der Waals surface area contributed by atoms with Gasteiger partial charge in [0.05, 0.1) is 18.5 Å². The van der Waals surface area contributed by atoms with Gasteiger partial charge in [-0.1, -0.05) is 73.3 Å². The number of carbonyl (C=O) groups is 2. The molecule has 0 aliphatic heterocycles. The van der Waals surface area contributed by atoms with Crippen LogP contribution < -0.4 is 0 Å². The van der Waals surface area contributed by atoms with Gasteiger partial charge in [0.1, 0.15) is 6.61 Å². The normalized spacial score (nSPS) is 11.1. The fourth-order valence-electron chi connectivity index (χ4n) is 2.73. The van der Waals surface area contributed by atoms with Crippen molar-refractivity contribution in [3.8, 4) is 6.07 Å². The summed E-state index contributed by atoms with van der Waals surface area (Å²) < 4.78 is 5.21. The zero-order valence-corrected chi connectivity index (χ0v) is 15.1. The molecule has 0 unspecified atom stereocenters. The lowest BCUT2D eigenvalue weighted by Gasteiger charge is -2.30. The molecule has 0 aliphatic rings. The first-order valence-electron chi connectivity index (χ1n) is 8.67. The highest BCUT2D eigenvalue weighted by atomic mass is 16.6. The van der Waals surface area contributed by atoms with Gasteiger partial charge in [-0.3, -0.25) is 9.69 Å². The van der Waals surface area contributed by atoms with Gasteiger partial charge in [-0.15, -0.1) is 0 Å². The third-order valence-corrected chi connectivity index (χ3v) is 4.03. The number of nitriles is 1. The Morgan fingerprint density at radius 1 is 1.07 bits per heavy atom. The molecule has 0 spiro atoms. The molecule has 0 bridgehead atoms. The van der Waals surface area contributed by atoms with Crippen molar-refractivity contribution >= 4 is 11.9 Å². The molecule has 0 N–H and O–H groups in total. The largest absolute Gasteiger partial charge is 0.445 e. The second-order valence-electron chi connectivity index (χ2n) is 5.99. The van der Waals surface area contributed by atoms with Crippen molar-refractivity contribution < 1.29 is 14.3 Å². The van der Waals surface area contributed by atoms with E-state index in [1.54, 1.807) is 0 Å². The Morgan fingerprint density at radius 3 is 2.22 bits per heavy atom. The molecule has 138 valence electrons. The van der Waals surface area contributed by atoms with E-state index in [4.69, 9.17) is 10.00 Å². The van der Waals surface area contributed by atoms with Crippen LogP contribution in [0.1, 0.15) is 17.5 Å². The Kier molecular flexibility index (Phi) is 7.80. The maximum Gasteiger partial charge on any atom is 0.411 e. The highest BCUT2D eigenvalue weighted by molar-refractivity contribution is 5.89. The molecule has 0 saturated carbocycles. The minimum Gasteiger partial charge on any atom is -0.445 e. The molecule has 2 rings (SSSR count). The second-order valence-corrected chi connectivity index (χ2v) is 5.99. The molecule has 0 fully saturated rings. The summed E-state index contributed by atoms with van der Waals surface area (Å²) in [5.74, 6) is -0.312. The van der Waals surface area contributed by atoms with E-state index >= 15 is 0 Å². The smallest absolute Gasteiger partial charge is 0.411 e. The van der Waals surface area contributed by atoms with E-state index in [0.29, 0.717) is 6.42 Å². The van der Waals surface area contributed by atoms with Crippen LogP contribution in [0.25, 0.3) is 0 Å². The van der Waals surface area contributed by atoms with Crippen LogP contribution in [0.5, 0.6) is 0 Å². The lowest BCUT2D eigenvalue weighted by molar-refractivity contribution is -0.123. The fourth-order valence-corrected chi connectivity index (χ4v) is 2.73. The number of Topliss-reactive ketones (excluding diaryl/α,β-unsaturated/α-hetero) is 1. The maximum absolute atomic E-state index is 12.7. The van der Waals surface area contributed by atoms with Crippen molar-refractivity contribution in [1.29, 1.82) is 5.26 Å². The Balaban J connectivity index is 2.34. The Morgan fingerprint density at radius 2 is 1.67 bits per heavy atom. The van der Waals surface area contributed by atoms with Gasteiger partial charge in [0.25, 0.3) is 0 Å². The third kappa shape index (κ3) is 6.12. The van der Waals surface area contributed by atoms with Gasteiger partial charge in [0.15, 0.2) is 5.78 Å². The van der Waals surface area contributed by atoms with E-state index in [1.165, 1.54) is 11.0 Å². The van der Waals surface area contributed by atoms with Crippen LogP contribution in [0.2, 0.25) is 0 Å². The van der Waals surface area contributed by atoms with E-state index in [-0.39, 0.29) is 25.4 Å².